The summed E-state index contributed by atoms with van der Waals surface area (Å²) in [5.41, 5.74) is 0.980. The van der Waals surface area contributed by atoms with Crippen molar-refractivity contribution in [2.75, 3.05) is 0 Å². The van der Waals surface area contributed by atoms with Crippen LogP contribution >= 0.6 is 0 Å². The monoisotopic (exact) mass is 878 g/mol. The largest absolute Gasteiger partial charge is 2.00 e. The third-order valence-electron chi connectivity index (χ3n) is 9.89. The second-order valence-corrected chi connectivity index (χ2v) is 17.5. The standard InChI is InChI=1S/2C23H32O5S.Ca/c2*1-2-3-4-5-6-7-8-9-13-16-21-22(24)17-20(29(25,26)27)18-23(21)28-19-14-11-10-12-15-19;/h2*10-12,14-15,17-18,24H,2-9,13,16H2,1H3,(H,25,26,27);/q;;+2/p-2. The molecule has 0 amide bonds. The number of unbranched alkanes of at least 4 members (excludes halogenated alkanes) is 16. The van der Waals surface area contributed by atoms with Gasteiger partial charge in [0.05, 0.1) is 4.90 Å². The third-order valence-corrected chi connectivity index (χ3v) is 11.5. The van der Waals surface area contributed by atoms with E-state index in [0.717, 1.165) is 50.7 Å². The van der Waals surface area contributed by atoms with E-state index in [1.807, 2.05) is 24.3 Å². The molecule has 59 heavy (non-hydrogen) atoms. The van der Waals surface area contributed by atoms with Crippen molar-refractivity contribution >= 4 is 58.0 Å². The molecule has 0 atom stereocenters. The number of phenols is 1. The molecule has 0 unspecified atom stereocenters. The van der Waals surface area contributed by atoms with E-state index in [2.05, 4.69) is 13.8 Å². The van der Waals surface area contributed by atoms with Gasteiger partial charge in [0.1, 0.15) is 43.8 Å². The molecule has 0 heterocycles. The van der Waals surface area contributed by atoms with Crippen molar-refractivity contribution in [1.29, 1.82) is 0 Å². The number of phenolic OH excluding ortho intramolecular Hbond substituents is 1. The van der Waals surface area contributed by atoms with Crippen LogP contribution in [0.25, 0.3) is 0 Å². The molecule has 0 aliphatic heterocycles. The van der Waals surface area contributed by atoms with E-state index in [0.29, 0.717) is 35.5 Å². The van der Waals surface area contributed by atoms with E-state index < -0.39 is 30.9 Å². The van der Waals surface area contributed by atoms with Crippen LogP contribution in [0.5, 0.6) is 34.5 Å². The maximum Gasteiger partial charge on any atom is 2.00 e. The number of benzene rings is 4. The Labute approximate surface area is 383 Å². The Morgan fingerprint density at radius 1 is 0.525 bits per heavy atom. The maximum absolute atomic E-state index is 12.5. The van der Waals surface area contributed by atoms with Crippen LogP contribution in [0.2, 0.25) is 0 Å². The quantitative estimate of drug-likeness (QED) is 0.0351. The Balaban J connectivity index is 0.000000400. The second-order valence-electron chi connectivity index (χ2n) is 14.7. The molecule has 13 heteroatoms. The first kappa shape index (κ1) is 52.3. The molecule has 4 aromatic carbocycles. The van der Waals surface area contributed by atoms with Crippen LogP contribution in [-0.4, -0.2) is 68.8 Å². The Kier molecular flexibility index (Phi) is 25.4. The zero-order valence-electron chi connectivity index (χ0n) is 34.9. The van der Waals surface area contributed by atoms with Gasteiger partial charge in [-0.3, -0.25) is 4.55 Å². The van der Waals surface area contributed by atoms with E-state index in [1.54, 1.807) is 36.4 Å². The summed E-state index contributed by atoms with van der Waals surface area (Å²) in [4.78, 5) is -0.930. The van der Waals surface area contributed by atoms with E-state index in [-0.39, 0.29) is 59.9 Å². The van der Waals surface area contributed by atoms with Crippen LogP contribution in [-0.2, 0) is 33.1 Å². The molecular weight excluding hydrogens is 817 g/mol. The van der Waals surface area contributed by atoms with Crippen molar-refractivity contribution in [3.05, 3.63) is 96.1 Å². The maximum atomic E-state index is 12.5. The summed E-state index contributed by atoms with van der Waals surface area (Å²) in [6, 6.07) is 22.2. The van der Waals surface area contributed by atoms with Crippen LogP contribution in [0.3, 0.4) is 0 Å². The molecule has 0 saturated carbocycles. The van der Waals surface area contributed by atoms with Crippen molar-refractivity contribution in [3.8, 4) is 34.5 Å². The number of aromatic hydroxyl groups is 1. The van der Waals surface area contributed by atoms with Crippen LogP contribution in [0.4, 0.5) is 0 Å². The van der Waals surface area contributed by atoms with E-state index in [9.17, 15) is 36.2 Å². The molecule has 0 saturated heterocycles. The van der Waals surface area contributed by atoms with E-state index in [1.165, 1.54) is 89.2 Å². The SMILES string of the molecule is CCCCCCCCCCCc1c(O)cc(S(=O)(=O)O)cc1Oc1ccccc1.CCCCCCCCCCCc1c([O-])cc(S(=O)(=O)[O-])cc1Oc1ccccc1.[Ca+2]. The molecule has 4 aromatic rings. The fourth-order valence-electron chi connectivity index (χ4n) is 6.63. The van der Waals surface area contributed by atoms with Gasteiger partial charge in [-0.2, -0.15) is 8.42 Å². The molecule has 0 aliphatic rings. The number of ether oxygens (including phenoxy) is 2. The molecule has 4 rings (SSSR count). The summed E-state index contributed by atoms with van der Waals surface area (Å²) in [5.74, 6) is 0.785. The fraction of sp³-hybridized carbons (Fsp3) is 0.478. The molecule has 0 fully saturated rings. The minimum absolute atomic E-state index is 0. The number of hydrogen-bond acceptors (Lipinski definition) is 9. The Morgan fingerprint density at radius 3 is 1.31 bits per heavy atom. The first-order chi connectivity index (χ1) is 27.8. The number of para-hydroxylation sites is 2. The second kappa shape index (κ2) is 28.6. The summed E-state index contributed by atoms with van der Waals surface area (Å²) >= 11 is 0. The summed E-state index contributed by atoms with van der Waals surface area (Å²) < 4.78 is 78.1. The minimum atomic E-state index is -4.73. The molecule has 2 N–H and O–H groups in total. The number of rotatable bonds is 26. The predicted octanol–water partition coefficient (Wildman–Crippen LogP) is 11.7. The van der Waals surface area contributed by atoms with Crippen molar-refractivity contribution in [2.24, 2.45) is 0 Å². The van der Waals surface area contributed by atoms with Crippen LogP contribution in [0, 0.1) is 0 Å². The van der Waals surface area contributed by atoms with Gasteiger partial charge in [-0.25, -0.2) is 8.42 Å². The van der Waals surface area contributed by atoms with Crippen LogP contribution < -0.4 is 14.6 Å². The predicted molar refractivity (Wildman–Crippen MR) is 232 cm³/mol. The van der Waals surface area contributed by atoms with Gasteiger partial charge in [-0.05, 0) is 61.6 Å². The normalized spacial score (nSPS) is 11.3. The van der Waals surface area contributed by atoms with Gasteiger partial charge in [0, 0.05) is 17.7 Å². The summed E-state index contributed by atoms with van der Waals surface area (Å²) in [6.07, 6.45) is 22.3. The average Bonchev–Trinajstić information content (AvgIpc) is 3.18. The first-order valence-corrected chi connectivity index (χ1v) is 23.8. The van der Waals surface area contributed by atoms with Crippen LogP contribution in [0.15, 0.2) is 94.7 Å². The molecule has 320 valence electrons. The van der Waals surface area contributed by atoms with E-state index in [4.69, 9.17) is 9.47 Å². The summed E-state index contributed by atoms with van der Waals surface area (Å²) in [7, 11) is -9.17. The van der Waals surface area contributed by atoms with Crippen molar-refractivity contribution in [3.63, 3.8) is 0 Å². The Morgan fingerprint density at radius 2 is 0.898 bits per heavy atom. The average molecular weight is 879 g/mol. The van der Waals surface area contributed by atoms with Gasteiger partial charge in [0.25, 0.3) is 10.1 Å². The zero-order valence-corrected chi connectivity index (χ0v) is 38.8. The molecule has 0 radical (unpaired) electrons. The smallest absolute Gasteiger partial charge is 0.872 e. The third kappa shape index (κ3) is 20.5. The van der Waals surface area contributed by atoms with Gasteiger partial charge in [-0.1, -0.05) is 159 Å². The van der Waals surface area contributed by atoms with Crippen LogP contribution in [0.1, 0.15) is 141 Å². The van der Waals surface area contributed by atoms with Gasteiger partial charge in [0.2, 0.25) is 0 Å². The molecular formula is C46H62CaO10S2. The molecule has 10 nitrogen and oxygen atoms in total. The van der Waals surface area contributed by atoms with Crippen molar-refractivity contribution in [2.45, 2.75) is 152 Å². The first-order valence-electron chi connectivity index (χ1n) is 20.9. The van der Waals surface area contributed by atoms with Crippen molar-refractivity contribution in [1.82, 2.24) is 0 Å². The van der Waals surface area contributed by atoms with Gasteiger partial charge in [-0.15, -0.1) is 5.75 Å². The van der Waals surface area contributed by atoms with Gasteiger partial charge in [0.15, 0.2) is 0 Å². The topological polar surface area (TPSA) is 173 Å². The van der Waals surface area contributed by atoms with Crippen molar-refractivity contribution < 1.29 is 45.6 Å². The molecule has 0 aliphatic carbocycles. The van der Waals surface area contributed by atoms with E-state index >= 15 is 0 Å². The van der Waals surface area contributed by atoms with Gasteiger partial charge >= 0.3 is 37.7 Å². The Hall–Kier alpha value is -2.84. The Bertz CT molecular complexity index is 1850. The number of hydrogen-bond donors (Lipinski definition) is 2. The molecule has 0 bridgehead atoms. The zero-order chi connectivity index (χ0) is 42.2. The molecule has 0 spiro atoms. The molecule has 0 aromatic heterocycles. The fourth-order valence-corrected chi connectivity index (χ4v) is 7.65. The summed E-state index contributed by atoms with van der Waals surface area (Å²) in [5, 5.41) is 22.9. The van der Waals surface area contributed by atoms with Gasteiger partial charge < -0.3 is 24.2 Å². The minimum Gasteiger partial charge on any atom is -0.872 e. The summed E-state index contributed by atoms with van der Waals surface area (Å²) in [6.45, 7) is 4.42.